The monoisotopic (exact) mass is 313 g/mol. The molecule has 6 nitrogen and oxygen atoms in total. The third kappa shape index (κ3) is 4.26. The Kier molecular flexibility index (Phi) is 5.33. The molecule has 1 aromatic rings. The zero-order valence-corrected chi connectivity index (χ0v) is 12.5. The lowest BCUT2D eigenvalue weighted by atomic mass is 10.2. The van der Waals surface area contributed by atoms with Crippen molar-refractivity contribution < 1.29 is 23.1 Å². The molecule has 1 aliphatic heterocycles. The molecule has 7 heteroatoms. The number of rotatable bonds is 7. The smallest absolute Gasteiger partial charge is 0.304 e. The first-order valence-electron chi connectivity index (χ1n) is 6.89. The predicted octanol–water partition coefficient (Wildman–Crippen LogP) is 1.33. The Labute approximate surface area is 124 Å². The minimum absolute atomic E-state index is 0.0492. The first-order chi connectivity index (χ1) is 10.00. The van der Waals surface area contributed by atoms with E-state index in [4.69, 9.17) is 9.84 Å². The van der Waals surface area contributed by atoms with Crippen molar-refractivity contribution >= 4 is 16.0 Å². The second-order valence-electron chi connectivity index (χ2n) is 4.95. The van der Waals surface area contributed by atoms with E-state index in [9.17, 15) is 13.2 Å². The summed E-state index contributed by atoms with van der Waals surface area (Å²) in [7, 11) is -3.69. The average molecular weight is 313 g/mol. The Morgan fingerprint density at radius 3 is 2.62 bits per heavy atom. The second-order valence-corrected chi connectivity index (χ2v) is 6.89. The highest BCUT2D eigenvalue weighted by atomic mass is 32.2. The van der Waals surface area contributed by atoms with Crippen molar-refractivity contribution in [2.45, 2.75) is 30.3 Å². The van der Waals surface area contributed by atoms with Crippen LogP contribution in [0.15, 0.2) is 35.2 Å². The highest BCUT2D eigenvalue weighted by Crippen LogP contribution is 2.20. The molecule has 0 aliphatic carbocycles. The van der Waals surface area contributed by atoms with Crippen LogP contribution >= 0.6 is 0 Å². The largest absolute Gasteiger partial charge is 0.481 e. The molecule has 0 radical (unpaired) electrons. The molecule has 0 aromatic heterocycles. The van der Waals surface area contributed by atoms with Crippen LogP contribution < -0.4 is 0 Å². The summed E-state index contributed by atoms with van der Waals surface area (Å²) in [4.78, 5) is 10.9. The van der Waals surface area contributed by atoms with E-state index in [1.165, 1.54) is 16.4 Å². The third-order valence-electron chi connectivity index (χ3n) is 3.39. The van der Waals surface area contributed by atoms with Crippen LogP contribution in [0.3, 0.4) is 0 Å². The summed E-state index contributed by atoms with van der Waals surface area (Å²) in [6.07, 6.45) is 1.33. The number of carboxylic acid groups (broad SMARTS) is 1. The molecule has 1 aliphatic rings. The maximum Gasteiger partial charge on any atom is 0.304 e. The van der Waals surface area contributed by atoms with Crippen LogP contribution in [0.2, 0.25) is 0 Å². The van der Waals surface area contributed by atoms with Crippen molar-refractivity contribution in [1.29, 1.82) is 0 Å². The molecule has 1 aromatic carbocycles. The van der Waals surface area contributed by atoms with E-state index in [0.29, 0.717) is 6.61 Å². The van der Waals surface area contributed by atoms with Gasteiger partial charge < -0.3 is 9.84 Å². The van der Waals surface area contributed by atoms with E-state index in [0.717, 1.165) is 12.8 Å². The fraction of sp³-hybridized carbons (Fsp3) is 0.500. The van der Waals surface area contributed by atoms with Crippen LogP contribution in [0, 0.1) is 0 Å². The van der Waals surface area contributed by atoms with Gasteiger partial charge in [0.2, 0.25) is 10.0 Å². The van der Waals surface area contributed by atoms with Crippen LogP contribution in [0.5, 0.6) is 0 Å². The number of carboxylic acids is 1. The maximum atomic E-state index is 12.6. The van der Waals surface area contributed by atoms with Gasteiger partial charge in [-0.2, -0.15) is 4.31 Å². The van der Waals surface area contributed by atoms with Gasteiger partial charge in [0.15, 0.2) is 0 Å². The minimum Gasteiger partial charge on any atom is -0.481 e. The molecule has 0 amide bonds. The highest BCUT2D eigenvalue weighted by Gasteiger charge is 2.29. The Hall–Kier alpha value is -1.44. The molecule has 1 saturated heterocycles. The summed E-state index contributed by atoms with van der Waals surface area (Å²) in [5, 5.41) is 8.81. The predicted molar refractivity (Wildman–Crippen MR) is 76.4 cm³/mol. The van der Waals surface area contributed by atoms with Gasteiger partial charge in [-0.1, -0.05) is 18.2 Å². The second kappa shape index (κ2) is 7.02. The summed E-state index contributed by atoms with van der Waals surface area (Å²) in [6.45, 7) is 0.778. The quantitative estimate of drug-likeness (QED) is 0.821. The topological polar surface area (TPSA) is 83.9 Å². The summed E-state index contributed by atoms with van der Waals surface area (Å²) in [6, 6.07) is 8.06. The number of carbonyl (C=O) groups is 1. The van der Waals surface area contributed by atoms with Crippen LogP contribution in [0.1, 0.15) is 19.3 Å². The summed E-state index contributed by atoms with van der Waals surface area (Å²) >= 11 is 0. The van der Waals surface area contributed by atoms with Gasteiger partial charge in [-0.3, -0.25) is 4.79 Å². The maximum absolute atomic E-state index is 12.6. The van der Waals surface area contributed by atoms with E-state index < -0.39 is 16.0 Å². The Morgan fingerprint density at radius 2 is 2.05 bits per heavy atom. The molecule has 0 saturated carbocycles. The van der Waals surface area contributed by atoms with Gasteiger partial charge in [-0.25, -0.2) is 8.42 Å². The molecule has 0 spiro atoms. The molecule has 0 unspecified atom stereocenters. The van der Waals surface area contributed by atoms with Crippen LogP contribution in [-0.2, 0) is 19.6 Å². The van der Waals surface area contributed by atoms with E-state index in [2.05, 4.69) is 0 Å². The molecule has 0 bridgehead atoms. The number of hydrogen-bond donors (Lipinski definition) is 1. The molecule has 2 rings (SSSR count). The van der Waals surface area contributed by atoms with Gasteiger partial charge in [0, 0.05) is 19.7 Å². The Morgan fingerprint density at radius 1 is 1.33 bits per heavy atom. The van der Waals surface area contributed by atoms with Crippen molar-refractivity contribution in [2.24, 2.45) is 0 Å². The highest BCUT2D eigenvalue weighted by molar-refractivity contribution is 7.89. The fourth-order valence-corrected chi connectivity index (χ4v) is 3.78. The van der Waals surface area contributed by atoms with Gasteiger partial charge in [0.1, 0.15) is 0 Å². The van der Waals surface area contributed by atoms with Gasteiger partial charge >= 0.3 is 5.97 Å². The van der Waals surface area contributed by atoms with Gasteiger partial charge in [0.25, 0.3) is 0 Å². The first-order valence-corrected chi connectivity index (χ1v) is 8.33. The molecule has 1 heterocycles. The van der Waals surface area contributed by atoms with E-state index >= 15 is 0 Å². The van der Waals surface area contributed by atoms with E-state index in [1.807, 2.05) is 0 Å². The number of ether oxygens (including phenoxy) is 1. The van der Waals surface area contributed by atoms with Crippen molar-refractivity contribution in [1.82, 2.24) is 4.31 Å². The average Bonchev–Trinajstić information content (AvgIpc) is 2.97. The lowest BCUT2D eigenvalue weighted by Gasteiger charge is -2.24. The summed E-state index contributed by atoms with van der Waals surface area (Å²) in [5.74, 6) is -1.02. The zero-order chi connectivity index (χ0) is 15.3. The number of hydrogen-bond acceptors (Lipinski definition) is 4. The van der Waals surface area contributed by atoms with Crippen LogP contribution in [-0.4, -0.2) is 49.6 Å². The van der Waals surface area contributed by atoms with Crippen LogP contribution in [0.4, 0.5) is 0 Å². The summed E-state index contributed by atoms with van der Waals surface area (Å²) < 4.78 is 31.9. The first kappa shape index (κ1) is 15.9. The van der Waals surface area contributed by atoms with Crippen molar-refractivity contribution in [2.75, 3.05) is 19.7 Å². The summed E-state index contributed by atoms with van der Waals surface area (Å²) in [5.41, 5.74) is 0. The van der Waals surface area contributed by atoms with E-state index in [-0.39, 0.29) is 30.5 Å². The fourth-order valence-electron chi connectivity index (χ4n) is 2.29. The van der Waals surface area contributed by atoms with E-state index in [1.54, 1.807) is 18.2 Å². The standard InChI is InChI=1S/C14H19NO5S/c16-14(17)8-9-15(11-12-5-4-10-20-12)21(18,19)13-6-2-1-3-7-13/h1-3,6-7,12H,4-5,8-11H2,(H,16,17)/t12-/m1/s1. The lowest BCUT2D eigenvalue weighted by molar-refractivity contribution is -0.137. The number of nitrogens with zero attached hydrogens (tertiary/aromatic N) is 1. The third-order valence-corrected chi connectivity index (χ3v) is 5.27. The van der Waals surface area contributed by atoms with Crippen molar-refractivity contribution in [3.8, 4) is 0 Å². The molecular formula is C14H19NO5S. The molecule has 1 atom stereocenters. The zero-order valence-electron chi connectivity index (χ0n) is 11.6. The Balaban J connectivity index is 2.18. The van der Waals surface area contributed by atoms with Crippen LogP contribution in [0.25, 0.3) is 0 Å². The minimum atomic E-state index is -3.69. The number of aliphatic carboxylic acids is 1. The lowest BCUT2D eigenvalue weighted by Crippen LogP contribution is -2.38. The number of sulfonamides is 1. The number of benzene rings is 1. The van der Waals surface area contributed by atoms with Crippen molar-refractivity contribution in [3.05, 3.63) is 30.3 Å². The molecule has 21 heavy (non-hydrogen) atoms. The van der Waals surface area contributed by atoms with Gasteiger partial charge in [-0.05, 0) is 25.0 Å². The molecule has 1 N–H and O–H groups in total. The SMILES string of the molecule is O=C(O)CCN(C[C@H]1CCCO1)S(=O)(=O)c1ccccc1. The molecule has 1 fully saturated rings. The van der Waals surface area contributed by atoms with Gasteiger partial charge in [0.05, 0.1) is 17.4 Å². The van der Waals surface area contributed by atoms with Gasteiger partial charge in [-0.15, -0.1) is 0 Å². The normalized spacial score (nSPS) is 19.0. The van der Waals surface area contributed by atoms with Crippen molar-refractivity contribution in [3.63, 3.8) is 0 Å². The molecule has 116 valence electrons. The Bertz CT molecular complexity index is 566. The molecular weight excluding hydrogens is 294 g/mol.